The molecule has 4 nitrogen and oxygen atoms in total. The fraction of sp³-hybridized carbons (Fsp3) is 0.500. The van der Waals surface area contributed by atoms with Gasteiger partial charge in [0.25, 0.3) is 0 Å². The largest absolute Gasteiger partial charge is 0.462 e. The zero-order valence-electron chi connectivity index (χ0n) is 24.0. The normalized spacial score (nSPS) is 11.2. The van der Waals surface area contributed by atoms with E-state index in [-0.39, 0.29) is 24.3 Å². The number of carbonyl (C=O) groups is 2. The summed E-state index contributed by atoms with van der Waals surface area (Å²) < 4.78 is 43.4. The molecule has 40 heavy (non-hydrogen) atoms. The third-order valence-corrected chi connectivity index (χ3v) is 9.03. The van der Waals surface area contributed by atoms with Crippen molar-refractivity contribution in [3.8, 4) is 20.9 Å². The topological polar surface area (TPSA) is 52.6 Å². The number of carbonyl (C=O) groups excluding carboxylic acids is 2. The summed E-state index contributed by atoms with van der Waals surface area (Å²) in [6.45, 7) is 7.52. The van der Waals surface area contributed by atoms with Gasteiger partial charge in [0.1, 0.15) is 22.8 Å². The van der Waals surface area contributed by atoms with Crippen molar-refractivity contribution in [3.05, 3.63) is 56.8 Å². The van der Waals surface area contributed by atoms with Crippen molar-refractivity contribution in [3.63, 3.8) is 0 Å². The van der Waals surface area contributed by atoms with Crippen LogP contribution in [-0.4, -0.2) is 25.2 Å². The summed E-state index contributed by atoms with van der Waals surface area (Å²) in [5.74, 6) is -3.84. The van der Waals surface area contributed by atoms with E-state index in [0.29, 0.717) is 9.75 Å². The van der Waals surface area contributed by atoms with Gasteiger partial charge in [-0.25, -0.2) is 18.4 Å². The van der Waals surface area contributed by atoms with Crippen molar-refractivity contribution < 1.29 is 27.8 Å². The molecule has 0 fully saturated rings. The molecule has 0 spiro atoms. The first-order chi connectivity index (χ1) is 19.4. The van der Waals surface area contributed by atoms with Crippen molar-refractivity contribution in [2.45, 2.75) is 91.9 Å². The van der Waals surface area contributed by atoms with E-state index in [9.17, 15) is 9.59 Å². The molecule has 0 N–H and O–H groups in total. The molecule has 0 saturated heterocycles. The average Bonchev–Trinajstić information content (AvgIpc) is 3.60. The van der Waals surface area contributed by atoms with Gasteiger partial charge in [-0.2, -0.15) is 0 Å². The van der Waals surface area contributed by atoms with Gasteiger partial charge in [-0.15, -0.1) is 22.7 Å². The van der Waals surface area contributed by atoms with Gasteiger partial charge >= 0.3 is 11.9 Å². The Morgan fingerprint density at radius 1 is 0.625 bits per heavy atom. The highest BCUT2D eigenvalue weighted by Crippen LogP contribution is 2.43. The van der Waals surface area contributed by atoms with Crippen LogP contribution in [0.25, 0.3) is 20.9 Å². The lowest BCUT2D eigenvalue weighted by atomic mass is 9.94. The van der Waals surface area contributed by atoms with Crippen LogP contribution < -0.4 is 0 Å². The second-order valence-electron chi connectivity index (χ2n) is 9.72. The molecular weight excluding hydrogens is 550 g/mol. The van der Waals surface area contributed by atoms with E-state index in [1.165, 1.54) is 22.7 Å². The summed E-state index contributed by atoms with van der Waals surface area (Å²) in [7, 11) is 0. The van der Waals surface area contributed by atoms with Crippen LogP contribution in [0, 0.1) is 11.6 Å². The lowest BCUT2D eigenvalue weighted by molar-refractivity contribution is 0.0504. The first-order valence-corrected chi connectivity index (χ1v) is 16.1. The van der Waals surface area contributed by atoms with Gasteiger partial charge in [-0.1, -0.05) is 52.4 Å². The first-order valence-electron chi connectivity index (χ1n) is 14.4. The maximum atomic E-state index is 16.5. The molecule has 0 aliphatic heterocycles. The van der Waals surface area contributed by atoms with Crippen LogP contribution in [0.4, 0.5) is 8.78 Å². The maximum absolute atomic E-state index is 16.5. The number of hydrogen-bond donors (Lipinski definition) is 0. The van der Waals surface area contributed by atoms with E-state index in [0.717, 1.165) is 74.0 Å². The minimum atomic E-state index is -0.963. The molecule has 2 heterocycles. The third kappa shape index (κ3) is 7.78. The van der Waals surface area contributed by atoms with Crippen molar-refractivity contribution >= 4 is 34.6 Å². The van der Waals surface area contributed by atoms with E-state index >= 15 is 8.78 Å². The molecule has 218 valence electrons. The summed E-state index contributed by atoms with van der Waals surface area (Å²) in [6.07, 6.45) is 10.3. The smallest absolute Gasteiger partial charge is 0.341 e. The number of hydrogen-bond acceptors (Lipinski definition) is 6. The Kier molecular flexibility index (Phi) is 12.8. The Morgan fingerprint density at radius 3 is 1.38 bits per heavy atom. The average molecular weight is 591 g/mol. The minimum absolute atomic E-state index is 0.00230. The zero-order chi connectivity index (χ0) is 29.1. The number of rotatable bonds is 16. The van der Waals surface area contributed by atoms with Crippen molar-refractivity contribution in [2.75, 3.05) is 13.2 Å². The quantitative estimate of drug-likeness (QED) is 0.123. The van der Waals surface area contributed by atoms with Gasteiger partial charge < -0.3 is 9.47 Å². The summed E-state index contributed by atoms with van der Waals surface area (Å²) >= 11 is 2.61. The molecule has 8 heteroatoms. The van der Waals surface area contributed by atoms with Crippen LogP contribution in [-0.2, 0) is 22.3 Å². The zero-order valence-corrected chi connectivity index (χ0v) is 25.6. The number of esters is 2. The lowest BCUT2D eigenvalue weighted by Crippen LogP contribution is -2.17. The summed E-state index contributed by atoms with van der Waals surface area (Å²) in [4.78, 5) is 29.0. The summed E-state index contributed by atoms with van der Waals surface area (Å²) in [6, 6.07) is 7.13. The number of thiophene rings is 2. The molecule has 0 atom stereocenters. The second-order valence-corrected chi connectivity index (χ2v) is 12.1. The molecule has 2 aromatic heterocycles. The number of unbranched alkanes of at least 4 members (excludes halogenated alkanes) is 6. The van der Waals surface area contributed by atoms with Gasteiger partial charge in [0.2, 0.25) is 0 Å². The highest BCUT2D eigenvalue weighted by atomic mass is 32.1. The number of benzene rings is 1. The molecule has 3 aromatic rings. The van der Waals surface area contributed by atoms with Gasteiger partial charge in [0.05, 0.1) is 13.2 Å². The molecule has 1 aromatic carbocycles. The van der Waals surface area contributed by atoms with Gasteiger partial charge in [-0.3, -0.25) is 0 Å². The van der Waals surface area contributed by atoms with Crippen molar-refractivity contribution in [2.24, 2.45) is 0 Å². The van der Waals surface area contributed by atoms with Crippen LogP contribution in [0.1, 0.15) is 110 Å². The lowest BCUT2D eigenvalue weighted by Gasteiger charge is -2.17. The molecule has 0 amide bonds. The molecule has 0 unspecified atom stereocenters. The fourth-order valence-electron chi connectivity index (χ4n) is 4.69. The highest BCUT2D eigenvalue weighted by molar-refractivity contribution is 7.16. The molecule has 3 rings (SSSR count). The summed E-state index contributed by atoms with van der Waals surface area (Å²) in [5, 5.41) is 0. The molecule has 0 saturated carbocycles. The minimum Gasteiger partial charge on any atom is -0.462 e. The fourth-order valence-corrected chi connectivity index (χ4v) is 6.88. The Morgan fingerprint density at radius 2 is 1.02 bits per heavy atom. The maximum Gasteiger partial charge on any atom is 0.341 e. The summed E-state index contributed by atoms with van der Waals surface area (Å²) in [5.41, 5.74) is -1.47. The third-order valence-electron chi connectivity index (χ3n) is 6.71. The number of aryl methyl sites for hydroxylation is 2. The van der Waals surface area contributed by atoms with E-state index in [1.807, 2.05) is 12.1 Å². The number of halogens is 2. The Hall–Kier alpha value is -2.58. The Bertz CT molecular complexity index is 1180. The predicted octanol–water partition coefficient (Wildman–Crippen LogP) is 10.0. The monoisotopic (exact) mass is 590 g/mol. The van der Waals surface area contributed by atoms with E-state index in [2.05, 4.69) is 13.8 Å². The van der Waals surface area contributed by atoms with E-state index in [4.69, 9.17) is 9.47 Å². The molecule has 0 radical (unpaired) electrons. The predicted molar refractivity (Wildman–Crippen MR) is 161 cm³/mol. The van der Waals surface area contributed by atoms with E-state index in [1.54, 1.807) is 26.0 Å². The van der Waals surface area contributed by atoms with Crippen LogP contribution >= 0.6 is 22.7 Å². The Balaban J connectivity index is 2.17. The molecule has 0 aliphatic rings. The van der Waals surface area contributed by atoms with E-state index < -0.39 is 34.7 Å². The van der Waals surface area contributed by atoms with Crippen LogP contribution in [0.15, 0.2) is 24.3 Å². The van der Waals surface area contributed by atoms with Crippen molar-refractivity contribution in [1.29, 1.82) is 0 Å². The van der Waals surface area contributed by atoms with Gasteiger partial charge in [0.15, 0.2) is 0 Å². The second kappa shape index (κ2) is 16.0. The molecular formula is C32H40F2O4S2. The SMILES string of the molecule is CCCCCCc1ccc(-c2c(F)c(C(=O)OCC)c(-c3ccc(CCCCCC)s3)c(F)c2C(=O)OCC)s1. The van der Waals surface area contributed by atoms with Gasteiger partial charge in [-0.05, 0) is 63.8 Å². The van der Waals surface area contributed by atoms with Crippen LogP contribution in [0.2, 0.25) is 0 Å². The molecule has 0 bridgehead atoms. The van der Waals surface area contributed by atoms with Crippen LogP contribution in [0.5, 0.6) is 0 Å². The number of ether oxygens (including phenoxy) is 2. The van der Waals surface area contributed by atoms with Crippen LogP contribution in [0.3, 0.4) is 0 Å². The van der Waals surface area contributed by atoms with Gasteiger partial charge in [0, 0.05) is 30.6 Å². The molecule has 0 aliphatic carbocycles. The standard InChI is InChI=1S/C32H40F2O4S2/c1-5-9-11-13-15-21-17-19-23(39-21)25-27(31(35)37-7-3)30(34)26(28(29(25)33)32(36)38-8-4)24-20-18-22(40-24)16-14-12-10-6-2/h17-20H,5-16H2,1-4H3. The van der Waals surface area contributed by atoms with Crippen molar-refractivity contribution in [1.82, 2.24) is 0 Å². The Labute approximate surface area is 244 Å². The highest BCUT2D eigenvalue weighted by Gasteiger charge is 2.35. The first kappa shape index (κ1) is 31.9.